The van der Waals surface area contributed by atoms with Crippen molar-refractivity contribution < 1.29 is 33.8 Å². The van der Waals surface area contributed by atoms with Crippen molar-refractivity contribution in [3.63, 3.8) is 0 Å². The van der Waals surface area contributed by atoms with Crippen molar-refractivity contribution in [1.82, 2.24) is 15.5 Å². The summed E-state index contributed by atoms with van der Waals surface area (Å²) in [6.07, 6.45) is 0.684. The van der Waals surface area contributed by atoms with Gasteiger partial charge < -0.3 is 30.1 Å². The minimum absolute atomic E-state index is 0.0671. The van der Waals surface area contributed by atoms with Gasteiger partial charge >= 0.3 is 12.1 Å². The van der Waals surface area contributed by atoms with Crippen LogP contribution in [0.1, 0.15) is 77.1 Å². The molecular formula is C33H47N3O7. The molecule has 0 fully saturated rings. The summed E-state index contributed by atoms with van der Waals surface area (Å²) in [7, 11) is 1.23. The van der Waals surface area contributed by atoms with Gasteiger partial charge in [0.25, 0.3) is 0 Å². The van der Waals surface area contributed by atoms with Gasteiger partial charge in [0.15, 0.2) is 0 Å². The van der Waals surface area contributed by atoms with Crippen LogP contribution in [0, 0.1) is 12.8 Å². The van der Waals surface area contributed by atoms with Gasteiger partial charge in [0.1, 0.15) is 30.0 Å². The Labute approximate surface area is 255 Å². The van der Waals surface area contributed by atoms with E-state index in [1.807, 2.05) is 26.0 Å². The Bertz CT molecular complexity index is 1240. The molecule has 43 heavy (non-hydrogen) atoms. The van der Waals surface area contributed by atoms with E-state index in [4.69, 9.17) is 9.47 Å². The van der Waals surface area contributed by atoms with Crippen LogP contribution in [0.5, 0.6) is 5.75 Å². The average Bonchev–Trinajstić information content (AvgIpc) is 2.92. The second kappa shape index (κ2) is 16.0. The predicted octanol–water partition coefficient (Wildman–Crippen LogP) is 4.82. The fourth-order valence-corrected chi connectivity index (χ4v) is 4.62. The molecule has 2 rings (SSSR count). The van der Waals surface area contributed by atoms with Gasteiger partial charge in [-0.1, -0.05) is 55.8 Å². The second-order valence-electron chi connectivity index (χ2n) is 12.2. The molecule has 3 unspecified atom stereocenters. The Balaban J connectivity index is 2.65. The summed E-state index contributed by atoms with van der Waals surface area (Å²) in [5, 5.41) is 15.1. The fourth-order valence-electron chi connectivity index (χ4n) is 4.62. The minimum atomic E-state index is -1.11. The fraction of sp³-hybridized carbons (Fsp3) is 0.515. The van der Waals surface area contributed by atoms with Crippen LogP contribution in [0.4, 0.5) is 4.79 Å². The van der Waals surface area contributed by atoms with Crippen LogP contribution in [0.25, 0.3) is 0 Å². The summed E-state index contributed by atoms with van der Waals surface area (Å²) in [4.78, 5) is 54.9. The van der Waals surface area contributed by atoms with Gasteiger partial charge in [0, 0.05) is 12.5 Å². The van der Waals surface area contributed by atoms with E-state index >= 15 is 0 Å². The maximum Gasteiger partial charge on any atom is 0.408 e. The molecule has 3 atom stereocenters. The van der Waals surface area contributed by atoms with Gasteiger partial charge in [-0.2, -0.15) is 0 Å². The normalized spacial score (nSPS) is 13.4. The molecule has 2 aromatic rings. The van der Waals surface area contributed by atoms with E-state index in [-0.39, 0.29) is 18.7 Å². The van der Waals surface area contributed by atoms with Gasteiger partial charge in [0.05, 0.1) is 7.11 Å². The number of alkyl carbamates (subject to hydrolysis) is 1. The lowest BCUT2D eigenvalue weighted by Crippen LogP contribution is -2.56. The van der Waals surface area contributed by atoms with E-state index in [0.29, 0.717) is 23.5 Å². The number of nitrogens with zero attached hydrogens (tertiary/aromatic N) is 1. The number of ether oxygens (including phenoxy) is 2. The van der Waals surface area contributed by atoms with Gasteiger partial charge in [-0.05, 0) is 76.6 Å². The van der Waals surface area contributed by atoms with Crippen LogP contribution < -0.4 is 10.6 Å². The first-order chi connectivity index (χ1) is 20.1. The van der Waals surface area contributed by atoms with Crippen LogP contribution in [-0.4, -0.2) is 65.2 Å². The van der Waals surface area contributed by atoms with Gasteiger partial charge in [-0.15, -0.1) is 0 Å². The van der Waals surface area contributed by atoms with E-state index in [1.54, 1.807) is 45.0 Å². The molecule has 3 amide bonds. The molecule has 0 heterocycles. The quantitative estimate of drug-likeness (QED) is 0.282. The monoisotopic (exact) mass is 597 g/mol. The SMILES string of the molecule is COC(=O)CNC(=O)C(c1cccc(C)c1)N(C(=O)C(Cc1ccc(O)cc1)NC(=O)OC(C)(C)C)C(C)CCC(C)C. The number of hydrogen-bond acceptors (Lipinski definition) is 7. The molecule has 0 spiro atoms. The first kappa shape index (κ1) is 35.1. The van der Waals surface area contributed by atoms with E-state index in [0.717, 1.165) is 12.0 Å². The molecule has 0 radical (unpaired) electrons. The molecule has 0 aliphatic rings. The third-order valence-electron chi connectivity index (χ3n) is 6.78. The number of phenolic OH excluding ortho intramolecular Hbond substituents is 1. The van der Waals surface area contributed by atoms with E-state index in [2.05, 4.69) is 24.5 Å². The first-order valence-electron chi connectivity index (χ1n) is 14.6. The average molecular weight is 598 g/mol. The summed E-state index contributed by atoms with van der Waals surface area (Å²) >= 11 is 0. The Morgan fingerprint density at radius 3 is 2.19 bits per heavy atom. The van der Waals surface area contributed by atoms with Gasteiger partial charge in [0.2, 0.25) is 11.8 Å². The lowest BCUT2D eigenvalue weighted by atomic mass is 9.95. The summed E-state index contributed by atoms with van der Waals surface area (Å²) in [5.74, 6) is -1.26. The highest BCUT2D eigenvalue weighted by Gasteiger charge is 2.39. The molecule has 10 nitrogen and oxygen atoms in total. The second-order valence-corrected chi connectivity index (χ2v) is 12.2. The number of carbonyl (C=O) groups excluding carboxylic acids is 4. The number of aromatic hydroxyl groups is 1. The molecule has 0 aromatic heterocycles. The van der Waals surface area contributed by atoms with E-state index in [1.165, 1.54) is 24.1 Å². The molecule has 10 heteroatoms. The van der Waals surface area contributed by atoms with E-state index in [9.17, 15) is 24.3 Å². The Morgan fingerprint density at radius 2 is 1.63 bits per heavy atom. The molecule has 0 aliphatic carbocycles. The van der Waals surface area contributed by atoms with Crippen molar-refractivity contribution in [2.75, 3.05) is 13.7 Å². The van der Waals surface area contributed by atoms with Gasteiger partial charge in [-0.3, -0.25) is 14.4 Å². The number of methoxy groups -OCH3 is 1. The summed E-state index contributed by atoms with van der Waals surface area (Å²) in [6, 6.07) is 11.0. The standard InChI is InChI=1S/C33H47N3O7/c1-21(2)12-13-23(4)36(29(25-11-9-10-22(3)18-25)30(39)34-20-28(38)42-8)31(40)27(35-32(41)43-33(5,6)7)19-24-14-16-26(37)17-15-24/h9-11,14-18,21,23,27,29,37H,12-13,19-20H2,1-8H3,(H,34,39)(H,35,41). The highest BCUT2D eigenvalue weighted by molar-refractivity contribution is 5.93. The number of rotatable bonds is 13. The van der Waals surface area contributed by atoms with Crippen molar-refractivity contribution in [2.24, 2.45) is 5.92 Å². The summed E-state index contributed by atoms with van der Waals surface area (Å²) < 4.78 is 10.2. The van der Waals surface area contributed by atoms with Crippen molar-refractivity contribution in [3.05, 3.63) is 65.2 Å². The van der Waals surface area contributed by atoms with Crippen LogP contribution in [0.15, 0.2) is 48.5 Å². The third-order valence-corrected chi connectivity index (χ3v) is 6.78. The molecule has 0 bridgehead atoms. The van der Waals surface area contributed by atoms with Crippen molar-refractivity contribution in [1.29, 1.82) is 0 Å². The Hall–Kier alpha value is -4.08. The molecule has 236 valence electrons. The molecule has 0 aliphatic heterocycles. The van der Waals surface area contributed by atoms with Crippen LogP contribution in [0.2, 0.25) is 0 Å². The number of esters is 1. The highest BCUT2D eigenvalue weighted by Crippen LogP contribution is 2.29. The highest BCUT2D eigenvalue weighted by atomic mass is 16.6. The topological polar surface area (TPSA) is 134 Å². The van der Waals surface area contributed by atoms with Gasteiger partial charge in [-0.25, -0.2) is 4.79 Å². The Kier molecular flexibility index (Phi) is 13.0. The van der Waals surface area contributed by atoms with Crippen molar-refractivity contribution in [3.8, 4) is 5.75 Å². The van der Waals surface area contributed by atoms with Crippen LogP contribution >= 0.6 is 0 Å². The molecule has 0 saturated carbocycles. The number of aryl methyl sites for hydroxylation is 1. The number of hydrogen-bond donors (Lipinski definition) is 3. The van der Waals surface area contributed by atoms with Crippen molar-refractivity contribution in [2.45, 2.75) is 91.5 Å². The number of phenols is 1. The smallest absolute Gasteiger partial charge is 0.408 e. The minimum Gasteiger partial charge on any atom is -0.508 e. The summed E-state index contributed by atoms with van der Waals surface area (Å²) in [6.45, 7) is 12.7. The lowest BCUT2D eigenvalue weighted by Gasteiger charge is -2.39. The van der Waals surface area contributed by atoms with Crippen LogP contribution in [0.3, 0.4) is 0 Å². The first-order valence-corrected chi connectivity index (χ1v) is 14.6. The zero-order valence-electron chi connectivity index (χ0n) is 26.6. The molecule has 3 N–H and O–H groups in total. The number of amides is 3. The number of carbonyl (C=O) groups is 4. The van der Waals surface area contributed by atoms with Crippen molar-refractivity contribution >= 4 is 23.9 Å². The molecular weight excluding hydrogens is 550 g/mol. The largest absolute Gasteiger partial charge is 0.508 e. The summed E-state index contributed by atoms with van der Waals surface area (Å²) in [5.41, 5.74) is 1.33. The zero-order chi connectivity index (χ0) is 32.3. The van der Waals surface area contributed by atoms with E-state index < -0.39 is 47.6 Å². The number of nitrogens with one attached hydrogen (secondary N) is 2. The maximum atomic E-state index is 14.6. The Morgan fingerprint density at radius 1 is 0.977 bits per heavy atom. The zero-order valence-corrected chi connectivity index (χ0v) is 26.6. The lowest BCUT2D eigenvalue weighted by molar-refractivity contribution is -0.146. The predicted molar refractivity (Wildman–Crippen MR) is 164 cm³/mol. The van der Waals surface area contributed by atoms with Crippen LogP contribution in [-0.2, 0) is 30.3 Å². The molecule has 0 saturated heterocycles. The maximum absolute atomic E-state index is 14.6. The number of benzene rings is 2. The third kappa shape index (κ3) is 11.6. The molecule has 2 aromatic carbocycles.